The van der Waals surface area contributed by atoms with Gasteiger partial charge in [0.15, 0.2) is 0 Å². The number of fused-ring (bicyclic) bond motifs is 1. The minimum Gasteiger partial charge on any atom is -0.489 e. The lowest BCUT2D eigenvalue weighted by Gasteiger charge is -2.29. The van der Waals surface area contributed by atoms with Crippen LogP contribution in [0.5, 0.6) is 5.75 Å². The summed E-state index contributed by atoms with van der Waals surface area (Å²) >= 11 is 17.6. The molecule has 45 heavy (non-hydrogen) atoms. The first-order valence-corrected chi connectivity index (χ1v) is 16.6. The third-order valence-electron chi connectivity index (χ3n) is 7.15. The Morgan fingerprint density at radius 1 is 0.956 bits per heavy atom. The van der Waals surface area contributed by atoms with Crippen molar-refractivity contribution in [3.8, 4) is 5.75 Å². The summed E-state index contributed by atoms with van der Waals surface area (Å²) < 4.78 is 14.8. The number of carbonyl (C=O) groups is 1. The molecule has 1 atom stereocenters. The van der Waals surface area contributed by atoms with Crippen LogP contribution in [0.15, 0.2) is 118 Å². The number of thioether (sulfide) groups is 1. The molecule has 2 heterocycles. The van der Waals surface area contributed by atoms with Crippen molar-refractivity contribution >= 4 is 62.8 Å². The van der Waals surface area contributed by atoms with Gasteiger partial charge in [-0.15, -0.1) is 5.10 Å². The minimum atomic E-state index is -0.690. The first kappa shape index (κ1) is 31.2. The minimum absolute atomic E-state index is 0.130. The van der Waals surface area contributed by atoms with Crippen LogP contribution >= 0.6 is 50.9 Å². The molecule has 6 rings (SSSR count). The zero-order valence-corrected chi connectivity index (χ0v) is 28.0. The second-order valence-corrected chi connectivity index (χ2v) is 13.0. The molecule has 0 aliphatic carbocycles. The van der Waals surface area contributed by atoms with E-state index in [9.17, 15) is 4.79 Å². The number of rotatable bonds is 10. The molecule has 0 radical (unpaired) electrons. The molecular weight excluding hydrogens is 695 g/mol. The number of hydrogen-bond donors (Lipinski definition) is 1. The molecule has 1 aliphatic rings. The predicted molar refractivity (Wildman–Crippen MR) is 182 cm³/mol. The van der Waals surface area contributed by atoms with E-state index < -0.39 is 12.0 Å². The zero-order valence-electron chi connectivity index (χ0n) is 24.0. The molecule has 4 aromatic carbocycles. The van der Waals surface area contributed by atoms with Gasteiger partial charge in [-0.25, -0.2) is 9.48 Å². The van der Waals surface area contributed by atoms with Crippen LogP contribution in [-0.2, 0) is 28.5 Å². The van der Waals surface area contributed by atoms with Crippen molar-refractivity contribution in [2.75, 3.05) is 5.32 Å². The summed E-state index contributed by atoms with van der Waals surface area (Å²) in [5.41, 5.74) is 4.56. The molecule has 7 nitrogen and oxygen atoms in total. The number of benzene rings is 4. The Labute approximate surface area is 283 Å². The Hall–Kier alpha value is -3.76. The Morgan fingerprint density at radius 3 is 2.47 bits per heavy atom. The number of aromatic nitrogens is 3. The fourth-order valence-electron chi connectivity index (χ4n) is 4.91. The summed E-state index contributed by atoms with van der Waals surface area (Å²) in [6.45, 7) is 2.27. The Balaban J connectivity index is 1.36. The lowest BCUT2D eigenvalue weighted by molar-refractivity contribution is -0.140. The maximum absolute atomic E-state index is 13.9. The van der Waals surface area contributed by atoms with Crippen LogP contribution in [0, 0.1) is 0 Å². The highest BCUT2D eigenvalue weighted by Gasteiger charge is 2.37. The van der Waals surface area contributed by atoms with Crippen molar-refractivity contribution in [1.82, 2.24) is 14.8 Å². The van der Waals surface area contributed by atoms with Gasteiger partial charge in [0.25, 0.3) is 0 Å². The van der Waals surface area contributed by atoms with Crippen molar-refractivity contribution in [1.29, 1.82) is 0 Å². The number of halogens is 3. The van der Waals surface area contributed by atoms with E-state index in [1.54, 1.807) is 4.68 Å². The molecule has 0 fully saturated rings. The maximum atomic E-state index is 13.9. The monoisotopic (exact) mass is 720 g/mol. The van der Waals surface area contributed by atoms with Gasteiger partial charge >= 0.3 is 5.97 Å². The molecule has 0 bridgehead atoms. The normalized spacial score (nSPS) is 14.1. The quantitative estimate of drug-likeness (QED) is 0.114. The first-order valence-electron chi connectivity index (χ1n) is 14.0. The number of carbonyl (C=O) groups excluding carboxylic acids is 1. The molecule has 228 valence electrons. The highest BCUT2D eigenvalue weighted by Crippen LogP contribution is 2.42. The molecule has 1 N–H and O–H groups in total. The lowest BCUT2D eigenvalue weighted by Crippen LogP contribution is -2.30. The Morgan fingerprint density at radius 2 is 1.69 bits per heavy atom. The number of anilines is 1. The Kier molecular flexibility index (Phi) is 9.80. The predicted octanol–water partition coefficient (Wildman–Crippen LogP) is 9.25. The number of nitrogens with one attached hydrogen (secondary N) is 1. The van der Waals surface area contributed by atoms with Gasteiger partial charge in [-0.1, -0.05) is 112 Å². The van der Waals surface area contributed by atoms with Crippen molar-refractivity contribution in [3.05, 3.63) is 145 Å². The average molecular weight is 722 g/mol. The van der Waals surface area contributed by atoms with Crippen LogP contribution in [-0.4, -0.2) is 20.7 Å². The third-order valence-corrected chi connectivity index (χ3v) is 9.15. The molecule has 0 saturated carbocycles. The summed E-state index contributed by atoms with van der Waals surface area (Å²) in [6.07, 6.45) is 0. The van der Waals surface area contributed by atoms with E-state index in [-0.39, 0.29) is 6.61 Å². The number of nitrogens with zero attached hydrogens (tertiary/aromatic N) is 3. The van der Waals surface area contributed by atoms with E-state index in [0.29, 0.717) is 50.5 Å². The molecule has 0 saturated heterocycles. The summed E-state index contributed by atoms with van der Waals surface area (Å²) in [7, 11) is 0. The van der Waals surface area contributed by atoms with Crippen molar-refractivity contribution in [3.63, 3.8) is 0 Å². The molecule has 1 aromatic heterocycles. The van der Waals surface area contributed by atoms with Gasteiger partial charge in [0.1, 0.15) is 25.0 Å². The molecule has 11 heteroatoms. The van der Waals surface area contributed by atoms with Crippen LogP contribution in [0.3, 0.4) is 0 Å². The van der Waals surface area contributed by atoms with Crippen LogP contribution in [0.25, 0.3) is 0 Å². The van der Waals surface area contributed by atoms with E-state index in [4.69, 9.17) is 42.8 Å². The molecule has 5 aromatic rings. The van der Waals surface area contributed by atoms with Crippen molar-refractivity contribution < 1.29 is 14.3 Å². The molecule has 0 spiro atoms. The summed E-state index contributed by atoms with van der Waals surface area (Å²) in [5, 5.41) is 10.0. The van der Waals surface area contributed by atoms with Gasteiger partial charge in [-0.3, -0.25) is 0 Å². The highest BCUT2D eigenvalue weighted by atomic mass is 79.9. The zero-order chi connectivity index (χ0) is 31.3. The van der Waals surface area contributed by atoms with Gasteiger partial charge in [0, 0.05) is 31.5 Å². The fourth-order valence-corrected chi connectivity index (χ4v) is 6.53. The maximum Gasteiger partial charge on any atom is 0.338 e. The van der Waals surface area contributed by atoms with Gasteiger partial charge in [0.2, 0.25) is 11.1 Å². The van der Waals surface area contributed by atoms with Crippen LogP contribution in [0.4, 0.5) is 5.95 Å². The van der Waals surface area contributed by atoms with Crippen molar-refractivity contribution in [2.45, 2.75) is 37.1 Å². The first-order chi connectivity index (χ1) is 21.9. The SMILES string of the molecule is CC1=C(C(=O)OCc2ccccc2)C(c2cc(Br)ccc2OCc2ccc(Cl)cc2)n2nc(SCc3ccccc3Cl)nc2N1. The summed E-state index contributed by atoms with van der Waals surface area (Å²) in [6, 6.07) is 29.8. The second kappa shape index (κ2) is 14.1. The summed E-state index contributed by atoms with van der Waals surface area (Å²) in [4.78, 5) is 18.6. The van der Waals surface area contributed by atoms with E-state index in [0.717, 1.165) is 26.7 Å². The van der Waals surface area contributed by atoms with E-state index in [2.05, 4.69) is 21.2 Å². The van der Waals surface area contributed by atoms with Gasteiger partial charge < -0.3 is 14.8 Å². The van der Waals surface area contributed by atoms with Crippen LogP contribution < -0.4 is 10.1 Å². The lowest BCUT2D eigenvalue weighted by atomic mass is 9.95. The highest BCUT2D eigenvalue weighted by molar-refractivity contribution is 9.10. The summed E-state index contributed by atoms with van der Waals surface area (Å²) in [5.74, 6) is 1.21. The smallest absolute Gasteiger partial charge is 0.338 e. The second-order valence-electron chi connectivity index (χ2n) is 10.3. The average Bonchev–Trinajstić information content (AvgIpc) is 3.45. The number of allylic oxidation sites excluding steroid dienone is 1. The number of ether oxygens (including phenoxy) is 2. The van der Waals surface area contributed by atoms with E-state index in [1.807, 2.05) is 104 Å². The Bertz CT molecular complexity index is 1870. The van der Waals surface area contributed by atoms with E-state index >= 15 is 0 Å². The third kappa shape index (κ3) is 7.39. The fraction of sp³-hybridized carbons (Fsp3) is 0.147. The van der Waals surface area contributed by atoms with E-state index in [1.165, 1.54) is 11.8 Å². The molecule has 1 aliphatic heterocycles. The van der Waals surface area contributed by atoms with Crippen LogP contribution in [0.1, 0.15) is 35.2 Å². The van der Waals surface area contributed by atoms with Crippen LogP contribution in [0.2, 0.25) is 10.0 Å². The number of hydrogen-bond acceptors (Lipinski definition) is 7. The van der Waals surface area contributed by atoms with Gasteiger partial charge in [0.05, 0.1) is 5.57 Å². The number of esters is 1. The topological polar surface area (TPSA) is 78.3 Å². The van der Waals surface area contributed by atoms with Crippen molar-refractivity contribution in [2.24, 2.45) is 0 Å². The molecular formula is C34H27BrCl2N4O3S. The largest absolute Gasteiger partial charge is 0.489 e. The molecule has 0 amide bonds. The van der Waals surface area contributed by atoms with Gasteiger partial charge in [-0.05, 0) is 60.0 Å². The van der Waals surface area contributed by atoms with Gasteiger partial charge in [-0.2, -0.15) is 4.98 Å². The standard InChI is InChI=1S/C34H27BrCl2N4O3S/c1-21-30(32(42)44-19-22-7-3-2-4-8-22)31(27-17-25(35)13-16-29(27)43-18-23-11-14-26(36)15-12-23)41-33(38-21)39-34(40-41)45-20-24-9-5-6-10-28(24)37/h2-17,31H,18-20H2,1H3,(H,38,39,40). The molecule has 1 unspecified atom stereocenters.